The second-order valence-electron chi connectivity index (χ2n) is 6.88. The number of carbonyl (C=O) groups excluding carboxylic acids is 1. The molecule has 0 fully saturated rings. The minimum Gasteiger partial charge on any atom is -0.294 e. The molecule has 3 nitrogen and oxygen atoms in total. The molecule has 0 saturated heterocycles. The van der Waals surface area contributed by atoms with Crippen molar-refractivity contribution >= 4 is 17.5 Å². The molecule has 24 heavy (non-hydrogen) atoms. The van der Waals surface area contributed by atoms with Gasteiger partial charge in [-0.15, -0.1) is 11.8 Å². The van der Waals surface area contributed by atoms with Gasteiger partial charge in [-0.05, 0) is 36.5 Å². The zero-order valence-corrected chi connectivity index (χ0v) is 15.6. The Morgan fingerprint density at radius 2 is 1.88 bits per heavy atom. The second kappa shape index (κ2) is 7.19. The quantitative estimate of drug-likeness (QED) is 0.578. The Labute approximate surface area is 148 Å². The van der Waals surface area contributed by atoms with Crippen LogP contribution in [0.25, 0.3) is 0 Å². The summed E-state index contributed by atoms with van der Waals surface area (Å²) in [5.74, 6) is 0.677. The maximum absolute atomic E-state index is 11.6. The molecule has 0 aliphatic rings. The van der Waals surface area contributed by atoms with Crippen LogP contribution < -0.4 is 0 Å². The van der Waals surface area contributed by atoms with Gasteiger partial charge in [0.15, 0.2) is 5.78 Å². The van der Waals surface area contributed by atoms with E-state index in [1.165, 1.54) is 29.8 Å². The number of carbonyl (C=O) groups is 1. The summed E-state index contributed by atoms with van der Waals surface area (Å²) in [6.45, 7) is 9.88. The van der Waals surface area contributed by atoms with Crippen molar-refractivity contribution in [3.63, 3.8) is 0 Å². The first-order valence-electron chi connectivity index (χ1n) is 7.87. The lowest BCUT2D eigenvalue weighted by atomic mass is 9.87. The standard InChI is InChI=1S/C20H22N2OS/c1-13-18(14(2)23)10-16(11-21)19(22-13)24-12-15-6-8-17(9-7-15)20(3,4)5/h6-10H,12H2,1-5H3. The molecule has 0 atom stereocenters. The Bertz CT molecular complexity index is 796. The van der Waals surface area contributed by atoms with Gasteiger partial charge in [-0.2, -0.15) is 5.26 Å². The molecular formula is C20H22N2OS. The van der Waals surface area contributed by atoms with Gasteiger partial charge in [0.1, 0.15) is 11.1 Å². The van der Waals surface area contributed by atoms with Gasteiger partial charge in [0.25, 0.3) is 0 Å². The van der Waals surface area contributed by atoms with Crippen molar-refractivity contribution in [2.24, 2.45) is 0 Å². The number of aryl methyl sites for hydroxylation is 1. The number of thioether (sulfide) groups is 1. The molecule has 0 spiro atoms. The number of benzene rings is 1. The average Bonchev–Trinajstić information content (AvgIpc) is 2.52. The molecule has 1 aromatic heterocycles. The number of nitriles is 1. The van der Waals surface area contributed by atoms with E-state index in [1.807, 2.05) is 0 Å². The van der Waals surface area contributed by atoms with Crippen LogP contribution in [0.5, 0.6) is 0 Å². The van der Waals surface area contributed by atoms with Crippen molar-refractivity contribution in [1.29, 1.82) is 5.26 Å². The SMILES string of the molecule is CC(=O)c1cc(C#N)c(SCc2ccc(C(C)(C)C)cc2)nc1C. The largest absolute Gasteiger partial charge is 0.294 e. The Morgan fingerprint density at radius 3 is 2.38 bits per heavy atom. The minimum atomic E-state index is -0.0641. The molecule has 0 unspecified atom stereocenters. The molecule has 0 saturated carbocycles. The van der Waals surface area contributed by atoms with E-state index in [9.17, 15) is 10.1 Å². The highest BCUT2D eigenvalue weighted by molar-refractivity contribution is 7.98. The van der Waals surface area contributed by atoms with Crippen LogP contribution in [0.3, 0.4) is 0 Å². The Kier molecular flexibility index (Phi) is 5.46. The molecule has 2 aromatic rings. The van der Waals surface area contributed by atoms with E-state index in [2.05, 4.69) is 56.1 Å². The molecule has 1 aromatic carbocycles. The van der Waals surface area contributed by atoms with Crippen molar-refractivity contribution in [3.8, 4) is 6.07 Å². The Morgan fingerprint density at radius 1 is 1.25 bits per heavy atom. The molecule has 0 aliphatic heterocycles. The van der Waals surface area contributed by atoms with Crippen molar-refractivity contribution in [1.82, 2.24) is 4.98 Å². The predicted molar refractivity (Wildman–Crippen MR) is 98.4 cm³/mol. The van der Waals surface area contributed by atoms with Crippen molar-refractivity contribution in [3.05, 3.63) is 58.3 Å². The zero-order chi connectivity index (χ0) is 17.9. The van der Waals surface area contributed by atoms with Crippen LogP contribution in [0.4, 0.5) is 0 Å². The van der Waals surface area contributed by atoms with E-state index < -0.39 is 0 Å². The van der Waals surface area contributed by atoms with E-state index in [1.54, 1.807) is 13.0 Å². The van der Waals surface area contributed by atoms with E-state index in [-0.39, 0.29) is 11.2 Å². The maximum atomic E-state index is 11.6. The summed E-state index contributed by atoms with van der Waals surface area (Å²) >= 11 is 1.53. The lowest BCUT2D eigenvalue weighted by molar-refractivity contribution is 0.101. The van der Waals surface area contributed by atoms with Gasteiger partial charge in [0, 0.05) is 17.0 Å². The molecule has 2 rings (SSSR count). The molecule has 0 radical (unpaired) electrons. The number of hydrogen-bond donors (Lipinski definition) is 0. The molecule has 0 aliphatic carbocycles. The second-order valence-corrected chi connectivity index (χ2v) is 7.84. The topological polar surface area (TPSA) is 53.8 Å². The van der Waals surface area contributed by atoms with Crippen LogP contribution in [-0.2, 0) is 11.2 Å². The number of aromatic nitrogens is 1. The highest BCUT2D eigenvalue weighted by Crippen LogP contribution is 2.28. The third kappa shape index (κ3) is 4.24. The highest BCUT2D eigenvalue weighted by Gasteiger charge is 2.14. The summed E-state index contributed by atoms with van der Waals surface area (Å²) in [5.41, 5.74) is 4.28. The van der Waals surface area contributed by atoms with E-state index >= 15 is 0 Å². The van der Waals surface area contributed by atoms with Crippen LogP contribution in [0.15, 0.2) is 35.4 Å². The molecule has 0 bridgehead atoms. The van der Waals surface area contributed by atoms with E-state index in [0.29, 0.717) is 21.8 Å². The summed E-state index contributed by atoms with van der Waals surface area (Å²) in [5, 5.41) is 10.0. The number of rotatable bonds is 4. The first-order valence-corrected chi connectivity index (χ1v) is 8.86. The fraction of sp³-hybridized carbons (Fsp3) is 0.350. The van der Waals surface area contributed by atoms with E-state index in [0.717, 1.165) is 5.75 Å². The van der Waals surface area contributed by atoms with Gasteiger partial charge in [-0.1, -0.05) is 45.0 Å². The number of nitrogens with zero attached hydrogens (tertiary/aromatic N) is 2. The smallest absolute Gasteiger partial charge is 0.161 e. The molecule has 0 N–H and O–H groups in total. The van der Waals surface area contributed by atoms with E-state index in [4.69, 9.17) is 0 Å². The van der Waals surface area contributed by atoms with Gasteiger partial charge < -0.3 is 0 Å². The summed E-state index contributed by atoms with van der Waals surface area (Å²) < 4.78 is 0. The highest BCUT2D eigenvalue weighted by atomic mass is 32.2. The minimum absolute atomic E-state index is 0.0641. The van der Waals surface area contributed by atoms with Crippen LogP contribution in [0.2, 0.25) is 0 Å². The van der Waals surface area contributed by atoms with Crippen molar-refractivity contribution < 1.29 is 4.79 Å². The number of pyridine rings is 1. The summed E-state index contributed by atoms with van der Waals surface area (Å²) in [7, 11) is 0. The van der Waals surface area contributed by atoms with Crippen molar-refractivity contribution in [2.75, 3.05) is 0 Å². The summed E-state index contributed by atoms with van der Waals surface area (Å²) in [4.78, 5) is 16.0. The molecule has 0 amide bonds. The average molecular weight is 338 g/mol. The van der Waals surface area contributed by atoms with Gasteiger partial charge in [-0.3, -0.25) is 4.79 Å². The first-order chi connectivity index (χ1) is 11.2. The Balaban J connectivity index is 2.19. The normalized spacial score (nSPS) is 11.2. The first kappa shape index (κ1) is 18.2. The molecule has 124 valence electrons. The molecule has 4 heteroatoms. The Hall–Kier alpha value is -2.12. The third-order valence-corrected chi connectivity index (χ3v) is 4.94. The molecular weight excluding hydrogens is 316 g/mol. The van der Waals surface area contributed by atoms with Gasteiger partial charge in [-0.25, -0.2) is 4.98 Å². The van der Waals surface area contributed by atoms with Gasteiger partial charge in [0.2, 0.25) is 0 Å². The van der Waals surface area contributed by atoms with Crippen LogP contribution in [0.1, 0.15) is 60.4 Å². The number of ketones is 1. The monoisotopic (exact) mass is 338 g/mol. The predicted octanol–water partition coefficient (Wildman–Crippen LogP) is 5.05. The zero-order valence-electron chi connectivity index (χ0n) is 14.8. The fourth-order valence-electron chi connectivity index (χ4n) is 2.38. The van der Waals surface area contributed by atoms with Gasteiger partial charge >= 0.3 is 0 Å². The van der Waals surface area contributed by atoms with Gasteiger partial charge in [0.05, 0.1) is 5.56 Å². The lowest BCUT2D eigenvalue weighted by Crippen LogP contribution is -2.10. The summed E-state index contributed by atoms with van der Waals surface area (Å²) in [6.07, 6.45) is 0. The van der Waals surface area contributed by atoms with Crippen LogP contribution in [0, 0.1) is 18.3 Å². The number of Topliss-reactive ketones (excluding diaryl/α,β-unsaturated/α-hetero) is 1. The fourth-order valence-corrected chi connectivity index (χ4v) is 3.34. The molecule has 1 heterocycles. The van der Waals surface area contributed by atoms with Crippen LogP contribution in [-0.4, -0.2) is 10.8 Å². The third-order valence-electron chi connectivity index (χ3n) is 3.87. The number of hydrogen-bond acceptors (Lipinski definition) is 4. The maximum Gasteiger partial charge on any atom is 0.161 e. The lowest BCUT2D eigenvalue weighted by Gasteiger charge is -2.19. The van der Waals surface area contributed by atoms with Crippen molar-refractivity contribution in [2.45, 2.75) is 50.8 Å². The van der Waals surface area contributed by atoms with Crippen LogP contribution >= 0.6 is 11.8 Å². The summed E-state index contributed by atoms with van der Waals surface area (Å²) in [6, 6.07) is 12.3.